The van der Waals surface area contributed by atoms with Crippen LogP contribution < -0.4 is 4.90 Å². The first-order valence-corrected chi connectivity index (χ1v) is 22.8. The molecule has 9 aromatic rings. The summed E-state index contributed by atoms with van der Waals surface area (Å²) in [6.07, 6.45) is 0. The first kappa shape index (κ1) is 38.5. The molecule has 0 radical (unpaired) electrons. The summed E-state index contributed by atoms with van der Waals surface area (Å²) >= 11 is 0. The van der Waals surface area contributed by atoms with Gasteiger partial charge in [-0.2, -0.15) is 0 Å². The highest BCUT2D eigenvalue weighted by Gasteiger charge is 2.37. The van der Waals surface area contributed by atoms with Crippen LogP contribution in [0.25, 0.3) is 66.8 Å². The molecule has 3 aliphatic rings. The van der Waals surface area contributed by atoms with E-state index in [1.165, 1.54) is 100 Å². The topological polar surface area (TPSA) is 3.24 Å². The van der Waals surface area contributed by atoms with Crippen molar-refractivity contribution < 1.29 is 0 Å². The van der Waals surface area contributed by atoms with Crippen LogP contribution in [0, 0.1) is 0 Å². The standard InChI is InChI=1S/C63H51N/c1-61(2)55-16-10-7-13-49(55)52-34-25-43(37-58(52)61)40-19-28-46(29-20-40)64(47-30-21-41(22-31-47)44-26-35-53-50-14-8-11-17-56(50)62(3,4)59(53)38-44)48-32-23-42(24-33-48)45-27-36-54-51-15-9-12-18-57(51)63(5,6)60(54)39-45/h7-39H,1-6H3. The normalized spacial score (nSPS) is 15.1. The molecule has 0 saturated heterocycles. The number of rotatable bonds is 6. The van der Waals surface area contributed by atoms with Crippen LogP contribution >= 0.6 is 0 Å². The van der Waals surface area contributed by atoms with Gasteiger partial charge < -0.3 is 4.90 Å². The van der Waals surface area contributed by atoms with Gasteiger partial charge in [0, 0.05) is 33.3 Å². The Morgan fingerprint density at radius 2 is 0.469 bits per heavy atom. The maximum absolute atomic E-state index is 2.41. The van der Waals surface area contributed by atoms with E-state index in [1.54, 1.807) is 0 Å². The van der Waals surface area contributed by atoms with Gasteiger partial charge in [-0.25, -0.2) is 0 Å². The summed E-state index contributed by atoms with van der Waals surface area (Å²) in [5, 5.41) is 0. The minimum Gasteiger partial charge on any atom is -0.311 e. The van der Waals surface area contributed by atoms with Gasteiger partial charge in [0.15, 0.2) is 0 Å². The molecule has 1 heteroatoms. The number of nitrogens with zero attached hydrogens (tertiary/aromatic N) is 1. The molecule has 308 valence electrons. The highest BCUT2D eigenvalue weighted by Crippen LogP contribution is 2.52. The van der Waals surface area contributed by atoms with E-state index in [2.05, 4.69) is 247 Å². The predicted octanol–water partition coefficient (Wildman–Crippen LogP) is 17.1. The maximum atomic E-state index is 2.41. The number of anilines is 3. The zero-order valence-corrected chi connectivity index (χ0v) is 37.5. The molecular formula is C63H51N. The van der Waals surface area contributed by atoms with Crippen LogP contribution in [0.5, 0.6) is 0 Å². The predicted molar refractivity (Wildman–Crippen MR) is 270 cm³/mol. The molecule has 0 unspecified atom stereocenters. The van der Waals surface area contributed by atoms with Crippen LogP contribution in [-0.2, 0) is 16.2 Å². The molecule has 0 fully saturated rings. The molecule has 0 spiro atoms. The molecular weight excluding hydrogens is 771 g/mol. The third-order valence-corrected chi connectivity index (χ3v) is 15.1. The minimum absolute atomic E-state index is 0.0427. The van der Waals surface area contributed by atoms with Gasteiger partial charge in [-0.15, -0.1) is 0 Å². The fourth-order valence-electron chi connectivity index (χ4n) is 11.5. The van der Waals surface area contributed by atoms with Gasteiger partial charge in [-0.1, -0.05) is 187 Å². The largest absolute Gasteiger partial charge is 0.311 e. The van der Waals surface area contributed by atoms with E-state index in [9.17, 15) is 0 Å². The van der Waals surface area contributed by atoms with Gasteiger partial charge in [-0.05, 0) is 155 Å². The second-order valence-corrected chi connectivity index (χ2v) is 19.8. The lowest BCUT2D eigenvalue weighted by Crippen LogP contribution is -2.14. The van der Waals surface area contributed by atoms with Gasteiger partial charge in [0.25, 0.3) is 0 Å². The van der Waals surface area contributed by atoms with Crippen LogP contribution in [0.4, 0.5) is 17.1 Å². The summed E-state index contributed by atoms with van der Waals surface area (Å²) < 4.78 is 0. The van der Waals surface area contributed by atoms with Gasteiger partial charge in [0.05, 0.1) is 0 Å². The number of fused-ring (bicyclic) bond motifs is 9. The highest BCUT2D eigenvalue weighted by molar-refractivity contribution is 5.88. The van der Waals surface area contributed by atoms with E-state index >= 15 is 0 Å². The Bertz CT molecular complexity index is 2970. The SMILES string of the molecule is CC1(C)c2ccccc2-c2ccc(-c3ccc(N(c4ccc(-c5ccc6c(c5)C(C)(C)c5ccccc5-6)cc4)c4ccc(-c5ccc6c(c5)C(C)(C)c5ccccc5-6)cc4)cc3)cc21. The fraction of sp³-hybridized carbons (Fsp3) is 0.143. The Balaban J connectivity index is 0.903. The van der Waals surface area contributed by atoms with Crippen LogP contribution in [0.2, 0.25) is 0 Å². The first-order valence-electron chi connectivity index (χ1n) is 22.8. The molecule has 0 atom stereocenters. The maximum Gasteiger partial charge on any atom is 0.0462 e. The van der Waals surface area contributed by atoms with Gasteiger partial charge in [-0.3, -0.25) is 0 Å². The van der Waals surface area contributed by atoms with Crippen molar-refractivity contribution in [3.05, 3.63) is 234 Å². The second-order valence-electron chi connectivity index (χ2n) is 19.8. The van der Waals surface area contributed by atoms with Crippen LogP contribution in [0.15, 0.2) is 200 Å². The lowest BCUT2D eigenvalue weighted by molar-refractivity contribution is 0.660. The van der Waals surface area contributed by atoms with Crippen molar-refractivity contribution in [1.82, 2.24) is 0 Å². The van der Waals surface area contributed by atoms with Crippen molar-refractivity contribution in [3.8, 4) is 66.8 Å². The van der Waals surface area contributed by atoms with E-state index in [1.807, 2.05) is 0 Å². The number of hydrogen-bond acceptors (Lipinski definition) is 1. The molecule has 0 bridgehead atoms. The van der Waals surface area contributed by atoms with Crippen LogP contribution in [-0.4, -0.2) is 0 Å². The summed E-state index contributed by atoms with van der Waals surface area (Å²) in [5.74, 6) is 0. The van der Waals surface area contributed by atoms with Gasteiger partial charge >= 0.3 is 0 Å². The molecule has 0 aromatic heterocycles. The summed E-state index contributed by atoms with van der Waals surface area (Å²) in [7, 11) is 0. The smallest absolute Gasteiger partial charge is 0.0462 e. The van der Waals surface area contributed by atoms with E-state index in [-0.39, 0.29) is 16.2 Å². The Hall–Kier alpha value is -7.22. The summed E-state index contributed by atoms with van der Waals surface area (Å²) in [5.41, 5.74) is 27.1. The molecule has 12 rings (SSSR count). The molecule has 1 nitrogen and oxygen atoms in total. The van der Waals surface area contributed by atoms with Crippen molar-refractivity contribution in [2.24, 2.45) is 0 Å². The molecule has 0 N–H and O–H groups in total. The Morgan fingerprint density at radius 1 is 0.234 bits per heavy atom. The average molecular weight is 822 g/mol. The highest BCUT2D eigenvalue weighted by atomic mass is 15.1. The lowest BCUT2D eigenvalue weighted by Gasteiger charge is -2.26. The Morgan fingerprint density at radius 3 is 0.750 bits per heavy atom. The molecule has 64 heavy (non-hydrogen) atoms. The third kappa shape index (κ3) is 5.70. The molecule has 0 saturated carbocycles. The summed E-state index contributed by atoms with van der Waals surface area (Å²) in [6.45, 7) is 14.1. The summed E-state index contributed by atoms with van der Waals surface area (Å²) in [6, 6.07) is 75.1. The van der Waals surface area contributed by atoms with Crippen molar-refractivity contribution in [3.63, 3.8) is 0 Å². The first-order chi connectivity index (χ1) is 31.0. The summed E-state index contributed by atoms with van der Waals surface area (Å²) in [4.78, 5) is 2.39. The van der Waals surface area contributed by atoms with Crippen molar-refractivity contribution in [2.75, 3.05) is 4.90 Å². The molecule has 0 aliphatic heterocycles. The van der Waals surface area contributed by atoms with E-state index in [0.29, 0.717) is 0 Å². The molecule has 3 aliphatic carbocycles. The number of hydrogen-bond donors (Lipinski definition) is 0. The van der Waals surface area contributed by atoms with Crippen LogP contribution in [0.3, 0.4) is 0 Å². The Labute approximate surface area is 378 Å². The van der Waals surface area contributed by atoms with Gasteiger partial charge in [0.2, 0.25) is 0 Å². The van der Waals surface area contributed by atoms with Crippen LogP contribution in [0.1, 0.15) is 74.9 Å². The lowest BCUT2D eigenvalue weighted by atomic mass is 9.81. The van der Waals surface area contributed by atoms with Crippen molar-refractivity contribution in [2.45, 2.75) is 57.8 Å². The minimum atomic E-state index is -0.0427. The van der Waals surface area contributed by atoms with E-state index in [0.717, 1.165) is 17.1 Å². The zero-order chi connectivity index (χ0) is 43.5. The molecule has 0 heterocycles. The van der Waals surface area contributed by atoms with E-state index in [4.69, 9.17) is 0 Å². The molecule has 9 aromatic carbocycles. The molecule has 0 amide bonds. The van der Waals surface area contributed by atoms with Crippen molar-refractivity contribution in [1.29, 1.82) is 0 Å². The quantitative estimate of drug-likeness (QED) is 0.161. The van der Waals surface area contributed by atoms with E-state index < -0.39 is 0 Å². The van der Waals surface area contributed by atoms with Gasteiger partial charge in [0.1, 0.15) is 0 Å². The average Bonchev–Trinajstić information content (AvgIpc) is 3.81. The fourth-order valence-corrected chi connectivity index (χ4v) is 11.5. The Kier molecular flexibility index (Phi) is 8.35. The zero-order valence-electron chi connectivity index (χ0n) is 37.5. The number of benzene rings is 9. The third-order valence-electron chi connectivity index (χ3n) is 15.1. The second kappa shape index (κ2) is 13.9. The van der Waals surface area contributed by atoms with Crippen molar-refractivity contribution >= 4 is 17.1 Å². The monoisotopic (exact) mass is 821 g/mol.